The smallest absolute Gasteiger partial charge is 0.326 e. The maximum Gasteiger partial charge on any atom is 0.416 e. The first-order valence-electron chi connectivity index (χ1n) is 7.00. The molecule has 5 nitrogen and oxygen atoms in total. The summed E-state index contributed by atoms with van der Waals surface area (Å²) in [7, 11) is -3.36. The van der Waals surface area contributed by atoms with Gasteiger partial charge in [0, 0.05) is 18.8 Å². The summed E-state index contributed by atoms with van der Waals surface area (Å²) in [6.07, 6.45) is -2.23. The van der Waals surface area contributed by atoms with Crippen LogP contribution in [0.15, 0.2) is 24.3 Å². The molecule has 1 aromatic carbocycles. The molecule has 0 unspecified atom stereocenters. The van der Waals surface area contributed by atoms with E-state index in [4.69, 9.17) is 0 Å². The highest BCUT2D eigenvalue weighted by molar-refractivity contribution is 7.88. The molecule has 23 heavy (non-hydrogen) atoms. The third-order valence-corrected chi connectivity index (χ3v) is 4.97. The first kappa shape index (κ1) is 17.7. The summed E-state index contributed by atoms with van der Waals surface area (Å²) in [4.78, 5) is 12.2. The molecule has 1 atom stereocenters. The highest BCUT2D eigenvalue weighted by atomic mass is 32.2. The SMILES string of the molecule is CS(=O)(=O)N1CCC[C@@H](C(=O)Nc2ccc(C(F)(F)F)cc2)C1. The summed E-state index contributed by atoms with van der Waals surface area (Å²) >= 11 is 0. The fourth-order valence-electron chi connectivity index (χ4n) is 2.44. The van der Waals surface area contributed by atoms with Gasteiger partial charge < -0.3 is 5.32 Å². The zero-order valence-corrected chi connectivity index (χ0v) is 13.2. The van der Waals surface area contributed by atoms with E-state index in [0.29, 0.717) is 19.4 Å². The predicted molar refractivity (Wildman–Crippen MR) is 79.2 cm³/mol. The Hall–Kier alpha value is -1.61. The first-order valence-corrected chi connectivity index (χ1v) is 8.85. The minimum Gasteiger partial charge on any atom is -0.326 e. The summed E-state index contributed by atoms with van der Waals surface area (Å²) in [6, 6.07) is 4.13. The van der Waals surface area contributed by atoms with E-state index in [2.05, 4.69) is 5.32 Å². The van der Waals surface area contributed by atoms with Gasteiger partial charge in [-0.2, -0.15) is 13.2 Å². The second-order valence-corrected chi connectivity index (χ2v) is 7.51. The Balaban J connectivity index is 2.01. The predicted octanol–water partition coefficient (Wildman–Crippen LogP) is 2.32. The summed E-state index contributed by atoms with van der Waals surface area (Å²) < 4.78 is 61.7. The van der Waals surface area contributed by atoms with Crippen molar-refractivity contribution in [1.82, 2.24) is 4.31 Å². The molecular weight excluding hydrogens is 333 g/mol. The lowest BCUT2D eigenvalue weighted by Crippen LogP contribution is -2.43. The lowest BCUT2D eigenvalue weighted by molar-refractivity contribution is -0.137. The summed E-state index contributed by atoms with van der Waals surface area (Å²) in [5.74, 6) is -0.904. The van der Waals surface area contributed by atoms with Gasteiger partial charge >= 0.3 is 6.18 Å². The lowest BCUT2D eigenvalue weighted by Gasteiger charge is -2.30. The van der Waals surface area contributed by atoms with Gasteiger partial charge in [-0.15, -0.1) is 0 Å². The quantitative estimate of drug-likeness (QED) is 0.910. The number of nitrogens with one attached hydrogen (secondary N) is 1. The van der Waals surface area contributed by atoms with Gasteiger partial charge in [-0.1, -0.05) is 0 Å². The van der Waals surface area contributed by atoms with Crippen LogP contribution in [0.3, 0.4) is 0 Å². The van der Waals surface area contributed by atoms with E-state index in [1.54, 1.807) is 0 Å². The van der Waals surface area contributed by atoms with Crippen molar-refractivity contribution in [3.63, 3.8) is 0 Å². The largest absolute Gasteiger partial charge is 0.416 e. The zero-order valence-electron chi connectivity index (χ0n) is 12.4. The van der Waals surface area contributed by atoms with Gasteiger partial charge in [-0.25, -0.2) is 12.7 Å². The summed E-state index contributed by atoms with van der Waals surface area (Å²) in [5.41, 5.74) is -0.545. The van der Waals surface area contributed by atoms with Crippen LogP contribution in [0, 0.1) is 5.92 Å². The van der Waals surface area contributed by atoms with Crippen LogP contribution in [0.4, 0.5) is 18.9 Å². The maximum atomic E-state index is 12.5. The summed E-state index contributed by atoms with van der Waals surface area (Å²) in [6.45, 7) is 0.466. The number of piperidine rings is 1. The average Bonchev–Trinajstić information content (AvgIpc) is 2.46. The lowest BCUT2D eigenvalue weighted by atomic mass is 9.98. The van der Waals surface area contributed by atoms with Gasteiger partial charge in [0.05, 0.1) is 17.7 Å². The monoisotopic (exact) mass is 350 g/mol. The number of rotatable bonds is 3. The first-order chi connectivity index (χ1) is 10.6. The van der Waals surface area contributed by atoms with E-state index in [-0.39, 0.29) is 12.2 Å². The Labute approximate surface area is 132 Å². The number of amides is 1. The van der Waals surface area contributed by atoms with Crippen LogP contribution >= 0.6 is 0 Å². The fraction of sp³-hybridized carbons (Fsp3) is 0.500. The molecular formula is C14H17F3N2O3S. The van der Waals surface area contributed by atoms with Crippen molar-refractivity contribution in [3.8, 4) is 0 Å². The van der Waals surface area contributed by atoms with E-state index in [1.165, 1.54) is 16.4 Å². The molecule has 0 radical (unpaired) electrons. The molecule has 1 amide bonds. The second kappa shape index (κ2) is 6.48. The van der Waals surface area contributed by atoms with Crippen molar-refractivity contribution in [1.29, 1.82) is 0 Å². The van der Waals surface area contributed by atoms with Gasteiger partial charge in [0.1, 0.15) is 0 Å². The molecule has 0 spiro atoms. The van der Waals surface area contributed by atoms with E-state index in [1.807, 2.05) is 0 Å². The minimum absolute atomic E-state index is 0.0886. The average molecular weight is 350 g/mol. The standard InChI is InChI=1S/C14H17F3N2O3S/c1-23(21,22)19-8-2-3-10(9-19)13(20)18-12-6-4-11(5-7-12)14(15,16)17/h4-7,10H,2-3,8-9H2,1H3,(H,18,20)/t10-/m1/s1. The molecule has 2 rings (SSSR count). The number of hydrogen-bond donors (Lipinski definition) is 1. The minimum atomic E-state index is -4.43. The highest BCUT2D eigenvalue weighted by Crippen LogP contribution is 2.30. The van der Waals surface area contributed by atoms with Crippen molar-refractivity contribution in [2.75, 3.05) is 24.7 Å². The molecule has 1 heterocycles. The molecule has 9 heteroatoms. The van der Waals surface area contributed by atoms with Crippen LogP contribution in [-0.2, 0) is 21.0 Å². The fourth-order valence-corrected chi connectivity index (χ4v) is 3.36. The van der Waals surface area contributed by atoms with Crippen LogP contribution in [-0.4, -0.2) is 38.0 Å². The van der Waals surface area contributed by atoms with E-state index < -0.39 is 33.6 Å². The number of alkyl halides is 3. The molecule has 1 saturated heterocycles. The van der Waals surface area contributed by atoms with Gasteiger partial charge in [-0.3, -0.25) is 4.79 Å². The van der Waals surface area contributed by atoms with Crippen LogP contribution in [0.2, 0.25) is 0 Å². The molecule has 1 fully saturated rings. The number of hydrogen-bond acceptors (Lipinski definition) is 3. The Kier molecular flexibility index (Phi) is 5.00. The molecule has 1 aliphatic heterocycles. The van der Waals surface area contributed by atoms with E-state index in [9.17, 15) is 26.4 Å². The normalized spacial score (nSPS) is 20.3. The van der Waals surface area contributed by atoms with Crippen molar-refractivity contribution < 1.29 is 26.4 Å². The third-order valence-electron chi connectivity index (χ3n) is 3.70. The highest BCUT2D eigenvalue weighted by Gasteiger charge is 2.31. The van der Waals surface area contributed by atoms with Gasteiger partial charge in [0.2, 0.25) is 15.9 Å². The van der Waals surface area contributed by atoms with Crippen molar-refractivity contribution in [2.45, 2.75) is 19.0 Å². The van der Waals surface area contributed by atoms with Crippen molar-refractivity contribution >= 4 is 21.6 Å². The van der Waals surface area contributed by atoms with Gasteiger partial charge in [-0.05, 0) is 37.1 Å². The van der Waals surface area contributed by atoms with Gasteiger partial charge in [0.15, 0.2) is 0 Å². The topological polar surface area (TPSA) is 66.5 Å². The van der Waals surface area contributed by atoms with E-state index in [0.717, 1.165) is 18.4 Å². The molecule has 0 aliphatic carbocycles. The van der Waals surface area contributed by atoms with Crippen LogP contribution in [0.25, 0.3) is 0 Å². The summed E-state index contributed by atoms with van der Waals surface area (Å²) in [5, 5.41) is 2.53. The molecule has 1 aromatic rings. The number of nitrogens with zero attached hydrogens (tertiary/aromatic N) is 1. The number of carbonyl (C=O) groups is 1. The molecule has 1 aliphatic rings. The number of halogens is 3. The molecule has 0 aromatic heterocycles. The molecule has 0 saturated carbocycles. The Morgan fingerprint density at radius 2 is 1.87 bits per heavy atom. The molecule has 1 N–H and O–H groups in total. The van der Waals surface area contributed by atoms with Crippen LogP contribution in [0.5, 0.6) is 0 Å². The van der Waals surface area contributed by atoms with Crippen LogP contribution in [0.1, 0.15) is 18.4 Å². The van der Waals surface area contributed by atoms with Crippen molar-refractivity contribution in [3.05, 3.63) is 29.8 Å². The Morgan fingerprint density at radius 1 is 1.26 bits per heavy atom. The number of benzene rings is 1. The number of carbonyl (C=O) groups excluding carboxylic acids is 1. The number of sulfonamides is 1. The Morgan fingerprint density at radius 3 is 2.39 bits per heavy atom. The maximum absolute atomic E-state index is 12.5. The molecule has 0 bridgehead atoms. The second-order valence-electron chi connectivity index (χ2n) is 5.52. The van der Waals surface area contributed by atoms with Gasteiger partial charge in [0.25, 0.3) is 0 Å². The Bertz CT molecular complexity index is 672. The number of anilines is 1. The van der Waals surface area contributed by atoms with Crippen LogP contribution < -0.4 is 5.32 Å². The zero-order chi connectivity index (χ0) is 17.3. The van der Waals surface area contributed by atoms with Crippen molar-refractivity contribution in [2.24, 2.45) is 5.92 Å². The third kappa shape index (κ3) is 4.68. The molecule has 128 valence electrons. The van der Waals surface area contributed by atoms with E-state index >= 15 is 0 Å².